The van der Waals surface area contributed by atoms with Gasteiger partial charge in [0.1, 0.15) is 0 Å². The van der Waals surface area contributed by atoms with Crippen molar-refractivity contribution in [3.05, 3.63) is 22.4 Å². The van der Waals surface area contributed by atoms with E-state index in [4.69, 9.17) is 10.9 Å². The maximum absolute atomic E-state index is 12.7. The maximum atomic E-state index is 12.7. The molecule has 0 aliphatic heterocycles. The van der Waals surface area contributed by atoms with Crippen molar-refractivity contribution in [2.24, 2.45) is 16.8 Å². The standard InChI is InChI=1S/C14H21N3O2S/c1-2-3-12(13(15)16-19)14(18)17(11-4-5-11)8-10-6-7-20-9-10/h6-7,9,11-12,19H,2-5,8H2,1H3,(H2,15,16). The molecule has 1 aromatic heterocycles. The number of carbonyl (C=O) groups is 1. The smallest absolute Gasteiger partial charge is 0.233 e. The molecular weight excluding hydrogens is 274 g/mol. The topological polar surface area (TPSA) is 78.9 Å². The van der Waals surface area contributed by atoms with Crippen molar-refractivity contribution in [2.45, 2.75) is 45.2 Å². The minimum atomic E-state index is -0.510. The minimum Gasteiger partial charge on any atom is -0.409 e. The van der Waals surface area contributed by atoms with Crippen LogP contribution >= 0.6 is 11.3 Å². The molecule has 2 rings (SSSR count). The molecule has 0 bridgehead atoms. The van der Waals surface area contributed by atoms with Gasteiger partial charge in [-0.15, -0.1) is 0 Å². The zero-order valence-electron chi connectivity index (χ0n) is 11.7. The van der Waals surface area contributed by atoms with E-state index >= 15 is 0 Å². The average molecular weight is 295 g/mol. The lowest BCUT2D eigenvalue weighted by molar-refractivity contribution is -0.134. The highest BCUT2D eigenvalue weighted by Gasteiger charge is 2.37. The third-order valence-corrected chi connectivity index (χ3v) is 4.28. The summed E-state index contributed by atoms with van der Waals surface area (Å²) in [6.45, 7) is 2.61. The highest BCUT2D eigenvalue weighted by atomic mass is 32.1. The average Bonchev–Trinajstić information content (AvgIpc) is 3.17. The van der Waals surface area contributed by atoms with Crippen LogP contribution in [-0.4, -0.2) is 27.9 Å². The zero-order chi connectivity index (χ0) is 14.5. The molecule has 0 saturated heterocycles. The van der Waals surface area contributed by atoms with E-state index in [2.05, 4.69) is 10.5 Å². The van der Waals surface area contributed by atoms with Crippen molar-refractivity contribution in [1.29, 1.82) is 0 Å². The Balaban J connectivity index is 2.12. The van der Waals surface area contributed by atoms with E-state index in [9.17, 15) is 4.79 Å². The normalized spacial score (nSPS) is 16.9. The van der Waals surface area contributed by atoms with Gasteiger partial charge in [0.25, 0.3) is 0 Å². The number of hydrogen-bond acceptors (Lipinski definition) is 4. The van der Waals surface area contributed by atoms with Crippen molar-refractivity contribution in [2.75, 3.05) is 0 Å². The van der Waals surface area contributed by atoms with Crippen LogP contribution in [-0.2, 0) is 11.3 Å². The predicted molar refractivity (Wildman–Crippen MR) is 79.7 cm³/mol. The lowest BCUT2D eigenvalue weighted by atomic mass is 10.0. The Labute approximate surface area is 123 Å². The van der Waals surface area contributed by atoms with Crippen LogP contribution in [0.4, 0.5) is 0 Å². The molecule has 1 amide bonds. The molecule has 110 valence electrons. The molecule has 3 N–H and O–H groups in total. The quantitative estimate of drug-likeness (QED) is 0.351. The van der Waals surface area contributed by atoms with Crippen LogP contribution in [0.1, 0.15) is 38.2 Å². The Kier molecular flexibility index (Phi) is 5.00. The third kappa shape index (κ3) is 3.50. The predicted octanol–water partition coefficient (Wildman–Crippen LogP) is 2.40. The van der Waals surface area contributed by atoms with Gasteiger partial charge in [-0.25, -0.2) is 0 Å². The van der Waals surface area contributed by atoms with Gasteiger partial charge in [0.2, 0.25) is 5.91 Å². The molecule has 20 heavy (non-hydrogen) atoms. The van der Waals surface area contributed by atoms with Gasteiger partial charge in [-0.3, -0.25) is 4.79 Å². The second-order valence-corrected chi connectivity index (χ2v) is 5.98. The number of rotatable bonds is 7. The van der Waals surface area contributed by atoms with E-state index in [-0.39, 0.29) is 11.7 Å². The summed E-state index contributed by atoms with van der Waals surface area (Å²) >= 11 is 1.63. The van der Waals surface area contributed by atoms with E-state index in [1.54, 1.807) is 11.3 Å². The SMILES string of the molecule is CCCC(C(=O)N(Cc1ccsc1)C1CC1)C(N)=NO. The summed E-state index contributed by atoms with van der Waals surface area (Å²) in [5.74, 6) is -0.507. The summed E-state index contributed by atoms with van der Waals surface area (Å²) in [6, 6.07) is 2.35. The van der Waals surface area contributed by atoms with Gasteiger partial charge < -0.3 is 15.8 Å². The fourth-order valence-corrected chi connectivity index (χ4v) is 2.97. The number of nitrogens with two attached hydrogens (primary N) is 1. The van der Waals surface area contributed by atoms with Gasteiger partial charge in [-0.2, -0.15) is 11.3 Å². The first-order chi connectivity index (χ1) is 9.67. The summed E-state index contributed by atoms with van der Waals surface area (Å²) in [7, 11) is 0. The van der Waals surface area contributed by atoms with Gasteiger partial charge in [0.05, 0.1) is 5.92 Å². The fourth-order valence-electron chi connectivity index (χ4n) is 2.31. The Morgan fingerprint density at radius 1 is 1.65 bits per heavy atom. The summed E-state index contributed by atoms with van der Waals surface area (Å²) in [4.78, 5) is 14.6. The first-order valence-electron chi connectivity index (χ1n) is 6.96. The van der Waals surface area contributed by atoms with Crippen LogP contribution in [0.3, 0.4) is 0 Å². The highest BCUT2D eigenvalue weighted by Crippen LogP contribution is 2.30. The first kappa shape index (κ1) is 14.8. The number of amides is 1. The summed E-state index contributed by atoms with van der Waals surface area (Å²) < 4.78 is 0. The molecule has 1 aliphatic carbocycles. The van der Waals surface area contributed by atoms with Crippen LogP contribution < -0.4 is 5.73 Å². The molecule has 1 atom stereocenters. The van der Waals surface area contributed by atoms with Crippen LogP contribution in [0.15, 0.2) is 22.0 Å². The van der Waals surface area contributed by atoms with Crippen LogP contribution in [0.5, 0.6) is 0 Å². The van der Waals surface area contributed by atoms with Crippen molar-refractivity contribution >= 4 is 23.1 Å². The Morgan fingerprint density at radius 2 is 2.40 bits per heavy atom. The van der Waals surface area contributed by atoms with Gasteiger partial charge in [-0.1, -0.05) is 18.5 Å². The molecule has 0 radical (unpaired) electrons. The molecule has 0 spiro atoms. The summed E-state index contributed by atoms with van der Waals surface area (Å²) in [5, 5.41) is 16.0. The Hall–Kier alpha value is -1.56. The minimum absolute atomic E-state index is 0.0177. The van der Waals surface area contributed by atoms with Crippen LogP contribution in [0.2, 0.25) is 0 Å². The first-order valence-corrected chi connectivity index (χ1v) is 7.90. The fraction of sp³-hybridized carbons (Fsp3) is 0.571. The van der Waals surface area contributed by atoms with Gasteiger partial charge in [0, 0.05) is 12.6 Å². The number of thiophene rings is 1. The van der Waals surface area contributed by atoms with Crippen molar-refractivity contribution in [1.82, 2.24) is 4.90 Å². The molecule has 1 aliphatic rings. The number of amidine groups is 1. The number of oxime groups is 1. The number of hydrogen-bond donors (Lipinski definition) is 2. The van der Waals surface area contributed by atoms with Gasteiger partial charge in [0.15, 0.2) is 5.84 Å². The van der Waals surface area contributed by atoms with Crippen molar-refractivity contribution in [3.63, 3.8) is 0 Å². The maximum Gasteiger partial charge on any atom is 0.233 e. The monoisotopic (exact) mass is 295 g/mol. The molecular formula is C14H21N3O2S. The Bertz CT molecular complexity index is 469. The van der Waals surface area contributed by atoms with E-state index < -0.39 is 5.92 Å². The zero-order valence-corrected chi connectivity index (χ0v) is 12.5. The third-order valence-electron chi connectivity index (χ3n) is 3.55. The van der Waals surface area contributed by atoms with Gasteiger partial charge in [-0.05, 0) is 41.7 Å². The molecule has 5 nitrogen and oxygen atoms in total. The molecule has 1 fully saturated rings. The highest BCUT2D eigenvalue weighted by molar-refractivity contribution is 7.07. The van der Waals surface area contributed by atoms with E-state index in [0.29, 0.717) is 19.0 Å². The van der Waals surface area contributed by atoms with Crippen LogP contribution in [0.25, 0.3) is 0 Å². The van der Waals surface area contributed by atoms with Crippen LogP contribution in [0, 0.1) is 5.92 Å². The molecule has 6 heteroatoms. The largest absolute Gasteiger partial charge is 0.409 e. The lowest BCUT2D eigenvalue weighted by Crippen LogP contribution is -2.42. The number of nitrogens with zero attached hydrogens (tertiary/aromatic N) is 2. The van der Waals surface area contributed by atoms with E-state index in [0.717, 1.165) is 24.8 Å². The summed E-state index contributed by atoms with van der Waals surface area (Å²) in [6.07, 6.45) is 3.53. The molecule has 1 saturated carbocycles. The molecule has 1 unspecified atom stereocenters. The molecule has 0 aromatic carbocycles. The van der Waals surface area contributed by atoms with Gasteiger partial charge >= 0.3 is 0 Å². The van der Waals surface area contributed by atoms with Crippen molar-refractivity contribution < 1.29 is 10.0 Å². The number of carbonyl (C=O) groups excluding carboxylic acids is 1. The summed E-state index contributed by atoms with van der Waals surface area (Å²) in [5.41, 5.74) is 6.83. The molecule has 1 aromatic rings. The Morgan fingerprint density at radius 3 is 2.90 bits per heavy atom. The second-order valence-electron chi connectivity index (χ2n) is 5.20. The molecule has 1 heterocycles. The lowest BCUT2D eigenvalue weighted by Gasteiger charge is -2.26. The van der Waals surface area contributed by atoms with E-state index in [1.165, 1.54) is 0 Å². The van der Waals surface area contributed by atoms with Crippen molar-refractivity contribution in [3.8, 4) is 0 Å². The van der Waals surface area contributed by atoms with E-state index in [1.807, 2.05) is 23.3 Å². The second kappa shape index (κ2) is 6.74.